The molecule has 0 atom stereocenters. The largest absolute Gasteiger partial charge is 0.508 e. The summed E-state index contributed by atoms with van der Waals surface area (Å²) in [6.45, 7) is 0.758. The molecule has 1 aliphatic carbocycles. The molecule has 4 N–H and O–H groups in total. The maximum absolute atomic E-state index is 12.5. The van der Waals surface area contributed by atoms with Crippen molar-refractivity contribution in [1.82, 2.24) is 10.6 Å². The molecule has 3 rings (SSSR count). The van der Waals surface area contributed by atoms with Crippen molar-refractivity contribution >= 4 is 17.7 Å². The van der Waals surface area contributed by atoms with Crippen LogP contribution in [0.3, 0.4) is 0 Å². The lowest BCUT2D eigenvalue weighted by Gasteiger charge is -2.30. The maximum Gasteiger partial charge on any atom is 0.254 e. The molecule has 6 heteroatoms. The van der Waals surface area contributed by atoms with Gasteiger partial charge in [0.05, 0.1) is 10.6 Å². The summed E-state index contributed by atoms with van der Waals surface area (Å²) in [7, 11) is 0. The van der Waals surface area contributed by atoms with Crippen molar-refractivity contribution in [3.63, 3.8) is 0 Å². The van der Waals surface area contributed by atoms with E-state index >= 15 is 0 Å². The first kappa shape index (κ1) is 17.7. The lowest BCUT2D eigenvalue weighted by molar-refractivity contribution is -0.118. The van der Waals surface area contributed by atoms with Crippen molar-refractivity contribution in [2.24, 2.45) is 0 Å². The zero-order valence-electron chi connectivity index (χ0n) is 14.3. The number of carbonyl (C=O) groups excluding carboxylic acids is 1. The molecular weight excluding hydrogens is 336 g/mol. The minimum Gasteiger partial charge on any atom is -0.508 e. The van der Waals surface area contributed by atoms with Crippen molar-refractivity contribution in [1.29, 1.82) is 0 Å². The third-order valence-corrected chi connectivity index (χ3v) is 5.65. The highest BCUT2D eigenvalue weighted by molar-refractivity contribution is 8.02. The minimum atomic E-state index is -0.0243. The molecule has 1 aliphatic heterocycles. The number of hydrogen-bond acceptors (Lipinski definition) is 5. The maximum atomic E-state index is 12.5. The van der Waals surface area contributed by atoms with E-state index in [-0.39, 0.29) is 29.4 Å². The molecule has 0 spiro atoms. The smallest absolute Gasteiger partial charge is 0.254 e. The molecule has 1 saturated carbocycles. The van der Waals surface area contributed by atoms with Crippen LogP contribution in [0.25, 0.3) is 0 Å². The highest BCUT2D eigenvalue weighted by Gasteiger charge is 2.26. The molecule has 1 heterocycles. The molecule has 0 radical (unpaired) electrons. The van der Waals surface area contributed by atoms with E-state index in [2.05, 4.69) is 10.6 Å². The SMILES string of the molecule is CSC1=C(C(=O)NC2CCC(c3ccc(O)cc3O)CC2)C=CCN1. The number of phenols is 2. The van der Waals surface area contributed by atoms with E-state index in [1.165, 1.54) is 6.07 Å². The molecule has 0 unspecified atom stereocenters. The summed E-state index contributed by atoms with van der Waals surface area (Å²) >= 11 is 1.55. The second-order valence-corrected chi connectivity index (χ2v) is 7.31. The van der Waals surface area contributed by atoms with E-state index in [0.29, 0.717) is 5.57 Å². The van der Waals surface area contributed by atoms with E-state index < -0.39 is 0 Å². The molecule has 25 heavy (non-hydrogen) atoms. The molecule has 134 valence electrons. The van der Waals surface area contributed by atoms with Crippen molar-refractivity contribution < 1.29 is 15.0 Å². The molecule has 0 aromatic heterocycles. The molecule has 2 aliphatic rings. The number of benzene rings is 1. The number of dihydropyridines is 1. The second kappa shape index (κ2) is 7.87. The Hall–Kier alpha value is -2.08. The second-order valence-electron chi connectivity index (χ2n) is 6.50. The Morgan fingerprint density at radius 2 is 2.00 bits per heavy atom. The van der Waals surface area contributed by atoms with Gasteiger partial charge in [-0.25, -0.2) is 0 Å². The molecular formula is C19H24N2O3S. The average molecular weight is 360 g/mol. The van der Waals surface area contributed by atoms with Crippen LogP contribution >= 0.6 is 11.8 Å². The molecule has 1 fully saturated rings. The van der Waals surface area contributed by atoms with E-state index in [1.807, 2.05) is 18.4 Å². The van der Waals surface area contributed by atoms with E-state index in [4.69, 9.17) is 0 Å². The van der Waals surface area contributed by atoms with E-state index in [9.17, 15) is 15.0 Å². The fourth-order valence-corrected chi connectivity index (χ4v) is 4.16. The number of aromatic hydroxyl groups is 2. The van der Waals surface area contributed by atoms with Crippen LogP contribution in [0, 0.1) is 0 Å². The van der Waals surface area contributed by atoms with Gasteiger partial charge in [-0.3, -0.25) is 4.79 Å². The van der Waals surface area contributed by atoms with Gasteiger partial charge in [0, 0.05) is 18.7 Å². The van der Waals surface area contributed by atoms with Gasteiger partial charge in [0.25, 0.3) is 5.91 Å². The Bertz CT molecular complexity index is 707. The summed E-state index contributed by atoms with van der Waals surface area (Å²) in [6.07, 6.45) is 9.39. The Morgan fingerprint density at radius 1 is 1.24 bits per heavy atom. The normalized spacial score (nSPS) is 23.2. The summed E-state index contributed by atoms with van der Waals surface area (Å²) in [5.41, 5.74) is 1.59. The average Bonchev–Trinajstić information content (AvgIpc) is 2.62. The lowest BCUT2D eigenvalue weighted by atomic mass is 9.81. The lowest BCUT2D eigenvalue weighted by Crippen LogP contribution is -2.39. The molecule has 0 saturated heterocycles. The zero-order valence-corrected chi connectivity index (χ0v) is 15.1. The molecule has 1 aromatic carbocycles. The Morgan fingerprint density at radius 3 is 2.68 bits per heavy atom. The van der Waals surface area contributed by atoms with Crippen molar-refractivity contribution in [2.75, 3.05) is 12.8 Å². The van der Waals surface area contributed by atoms with Crippen molar-refractivity contribution in [3.8, 4) is 11.5 Å². The Balaban J connectivity index is 1.58. The number of nitrogens with one attached hydrogen (secondary N) is 2. The highest BCUT2D eigenvalue weighted by Crippen LogP contribution is 2.38. The fourth-order valence-electron chi connectivity index (χ4n) is 3.55. The van der Waals surface area contributed by atoms with Gasteiger partial charge in [-0.05, 0) is 55.6 Å². The Labute approximate surface area is 152 Å². The number of phenolic OH excluding ortho intramolecular Hbond substituents is 2. The van der Waals surface area contributed by atoms with E-state index in [0.717, 1.165) is 42.8 Å². The first-order valence-corrected chi connectivity index (χ1v) is 9.82. The first-order chi connectivity index (χ1) is 12.1. The fraction of sp³-hybridized carbons (Fsp3) is 0.421. The van der Waals surface area contributed by atoms with Crippen LogP contribution in [-0.2, 0) is 4.79 Å². The van der Waals surface area contributed by atoms with Crippen LogP contribution < -0.4 is 10.6 Å². The van der Waals surface area contributed by atoms with Gasteiger partial charge in [-0.15, -0.1) is 11.8 Å². The first-order valence-electron chi connectivity index (χ1n) is 8.60. The number of thioether (sulfide) groups is 1. The van der Waals surface area contributed by atoms with Crippen LogP contribution in [0.1, 0.15) is 37.2 Å². The summed E-state index contributed by atoms with van der Waals surface area (Å²) in [5, 5.41) is 26.7. The summed E-state index contributed by atoms with van der Waals surface area (Å²) in [4.78, 5) is 12.5. The van der Waals surface area contributed by atoms with Gasteiger partial charge < -0.3 is 20.8 Å². The Kier molecular flexibility index (Phi) is 5.58. The zero-order chi connectivity index (χ0) is 17.8. The van der Waals surface area contributed by atoms with Gasteiger partial charge >= 0.3 is 0 Å². The molecule has 1 amide bonds. The number of hydrogen-bond donors (Lipinski definition) is 4. The summed E-state index contributed by atoms with van der Waals surface area (Å²) in [5.74, 6) is 0.476. The monoisotopic (exact) mass is 360 g/mol. The third-order valence-electron chi connectivity index (χ3n) is 4.87. The van der Waals surface area contributed by atoms with Gasteiger partial charge in [-0.1, -0.05) is 12.1 Å². The van der Waals surface area contributed by atoms with Crippen LogP contribution in [0.4, 0.5) is 0 Å². The topological polar surface area (TPSA) is 81.6 Å². The van der Waals surface area contributed by atoms with Gasteiger partial charge in [-0.2, -0.15) is 0 Å². The number of amides is 1. The van der Waals surface area contributed by atoms with Gasteiger partial charge in [0.1, 0.15) is 11.5 Å². The highest BCUT2D eigenvalue weighted by atomic mass is 32.2. The predicted octanol–water partition coefficient (Wildman–Crippen LogP) is 2.97. The standard InChI is InChI=1S/C19H24N2O3S/c1-25-19-16(3-2-10-20-19)18(24)21-13-6-4-12(5-7-13)15-9-8-14(22)11-17(15)23/h2-3,8-9,11-13,20,22-23H,4-7,10H2,1H3,(H,21,24). The van der Waals surface area contributed by atoms with Gasteiger partial charge in [0.2, 0.25) is 0 Å². The minimum absolute atomic E-state index is 0.0243. The van der Waals surface area contributed by atoms with Crippen LogP contribution in [0.5, 0.6) is 11.5 Å². The van der Waals surface area contributed by atoms with E-state index in [1.54, 1.807) is 23.9 Å². The summed E-state index contributed by atoms with van der Waals surface area (Å²) in [6, 6.07) is 4.96. The van der Waals surface area contributed by atoms with Crippen molar-refractivity contribution in [3.05, 3.63) is 46.5 Å². The quantitative estimate of drug-likeness (QED) is 0.664. The molecule has 1 aromatic rings. The summed E-state index contributed by atoms with van der Waals surface area (Å²) < 4.78 is 0. The number of rotatable bonds is 4. The number of carbonyl (C=O) groups is 1. The van der Waals surface area contributed by atoms with Crippen molar-refractivity contribution in [2.45, 2.75) is 37.6 Å². The molecule has 5 nitrogen and oxygen atoms in total. The molecule has 0 bridgehead atoms. The van der Waals surface area contributed by atoms with Crippen LogP contribution in [0.15, 0.2) is 41.0 Å². The predicted molar refractivity (Wildman–Crippen MR) is 101 cm³/mol. The third kappa shape index (κ3) is 4.12. The van der Waals surface area contributed by atoms with Crippen LogP contribution in [0.2, 0.25) is 0 Å². The van der Waals surface area contributed by atoms with Gasteiger partial charge in [0.15, 0.2) is 0 Å². The van der Waals surface area contributed by atoms with Crippen LogP contribution in [-0.4, -0.2) is 35.0 Å².